The smallest absolute Gasteiger partial charge is 0.173 e. The molecule has 3 nitrogen and oxygen atoms in total. The van der Waals surface area contributed by atoms with Gasteiger partial charge in [0.05, 0.1) is 0 Å². The number of thiophene rings is 1. The maximum atomic E-state index is 5.89. The largest absolute Gasteiger partial charge is 0.381 e. The first-order valence-corrected chi connectivity index (χ1v) is 6.78. The van der Waals surface area contributed by atoms with Crippen LogP contribution >= 0.6 is 11.3 Å². The summed E-state index contributed by atoms with van der Waals surface area (Å²) in [4.78, 5) is 0. The second-order valence-corrected chi connectivity index (χ2v) is 5.52. The van der Waals surface area contributed by atoms with Crippen molar-refractivity contribution >= 4 is 27.2 Å². The van der Waals surface area contributed by atoms with Gasteiger partial charge in [0.25, 0.3) is 0 Å². The molecule has 0 saturated heterocycles. The van der Waals surface area contributed by atoms with Crippen LogP contribution in [0.5, 0.6) is 0 Å². The van der Waals surface area contributed by atoms with Gasteiger partial charge in [0.2, 0.25) is 0 Å². The van der Waals surface area contributed by atoms with E-state index in [-0.39, 0.29) is 0 Å². The lowest BCUT2D eigenvalue weighted by molar-refractivity contribution is 0.435. The van der Waals surface area contributed by atoms with Crippen LogP contribution in [0.1, 0.15) is 25.3 Å². The van der Waals surface area contributed by atoms with E-state index in [0.29, 0.717) is 11.7 Å². The molecular formula is C14H14N2OS. The Kier molecular flexibility index (Phi) is 2.59. The van der Waals surface area contributed by atoms with Gasteiger partial charge in [-0.15, -0.1) is 11.3 Å². The molecule has 3 rings (SSSR count). The SMILES string of the molecule is CC(C)c1c(N)noc1-c1csc2ccccc12. The molecule has 0 unspecified atom stereocenters. The van der Waals surface area contributed by atoms with Gasteiger partial charge in [-0.1, -0.05) is 37.2 Å². The third kappa shape index (κ3) is 1.61. The zero-order valence-corrected chi connectivity index (χ0v) is 11.1. The molecule has 0 aliphatic heterocycles. The number of nitrogens with two attached hydrogens (primary N) is 1. The van der Waals surface area contributed by atoms with Crippen LogP contribution in [0.4, 0.5) is 5.82 Å². The highest BCUT2D eigenvalue weighted by atomic mass is 32.1. The van der Waals surface area contributed by atoms with Gasteiger partial charge in [-0.2, -0.15) is 0 Å². The van der Waals surface area contributed by atoms with E-state index in [9.17, 15) is 0 Å². The molecule has 0 bridgehead atoms. The molecule has 0 radical (unpaired) electrons. The van der Waals surface area contributed by atoms with Crippen LogP contribution in [0, 0.1) is 0 Å². The molecule has 4 heteroatoms. The van der Waals surface area contributed by atoms with E-state index in [1.807, 2.05) is 12.1 Å². The lowest BCUT2D eigenvalue weighted by atomic mass is 9.99. The molecule has 0 amide bonds. The zero-order valence-electron chi connectivity index (χ0n) is 10.3. The van der Waals surface area contributed by atoms with E-state index in [4.69, 9.17) is 10.3 Å². The summed E-state index contributed by atoms with van der Waals surface area (Å²) in [5.74, 6) is 1.60. The molecule has 0 atom stereocenters. The minimum atomic E-state index is 0.296. The van der Waals surface area contributed by atoms with Gasteiger partial charge in [-0.25, -0.2) is 0 Å². The first-order chi connectivity index (χ1) is 8.68. The summed E-state index contributed by atoms with van der Waals surface area (Å²) >= 11 is 1.71. The summed E-state index contributed by atoms with van der Waals surface area (Å²) in [6.45, 7) is 4.20. The normalized spacial score (nSPS) is 11.5. The molecule has 92 valence electrons. The highest BCUT2D eigenvalue weighted by Crippen LogP contribution is 2.39. The van der Waals surface area contributed by atoms with Gasteiger partial charge in [-0.05, 0) is 12.0 Å². The predicted molar refractivity (Wildman–Crippen MR) is 75.8 cm³/mol. The molecule has 2 N–H and O–H groups in total. The van der Waals surface area contributed by atoms with Crippen molar-refractivity contribution in [1.29, 1.82) is 0 Å². The first kappa shape index (κ1) is 11.3. The monoisotopic (exact) mass is 258 g/mol. The molecule has 2 heterocycles. The predicted octanol–water partition coefficient (Wildman–Crippen LogP) is 4.26. The first-order valence-electron chi connectivity index (χ1n) is 5.90. The number of nitrogens with zero attached hydrogens (tertiary/aromatic N) is 1. The van der Waals surface area contributed by atoms with Crippen molar-refractivity contribution in [2.24, 2.45) is 0 Å². The molecule has 0 spiro atoms. The summed E-state index contributed by atoms with van der Waals surface area (Å²) in [6, 6.07) is 8.29. The zero-order chi connectivity index (χ0) is 12.7. The fourth-order valence-corrected chi connectivity index (χ4v) is 3.16. The van der Waals surface area contributed by atoms with Crippen LogP contribution in [0.25, 0.3) is 21.4 Å². The molecule has 0 aliphatic rings. The minimum absolute atomic E-state index is 0.296. The number of benzene rings is 1. The van der Waals surface area contributed by atoms with Crippen LogP contribution in [-0.2, 0) is 0 Å². The van der Waals surface area contributed by atoms with E-state index < -0.39 is 0 Å². The van der Waals surface area contributed by atoms with Gasteiger partial charge in [0, 0.05) is 26.6 Å². The number of aromatic nitrogens is 1. The molecule has 3 aromatic rings. The minimum Gasteiger partial charge on any atom is -0.381 e. The van der Waals surface area contributed by atoms with Crippen molar-refractivity contribution in [3.05, 3.63) is 35.2 Å². The molecule has 18 heavy (non-hydrogen) atoms. The van der Waals surface area contributed by atoms with Crippen molar-refractivity contribution < 1.29 is 4.52 Å². The van der Waals surface area contributed by atoms with Crippen molar-refractivity contribution in [1.82, 2.24) is 5.16 Å². The molecule has 0 fully saturated rings. The number of nitrogen functional groups attached to an aromatic ring is 1. The van der Waals surface area contributed by atoms with Gasteiger partial charge < -0.3 is 10.3 Å². The summed E-state index contributed by atoms with van der Waals surface area (Å²) in [5, 5.41) is 7.21. The van der Waals surface area contributed by atoms with Crippen LogP contribution in [0.3, 0.4) is 0 Å². The third-order valence-corrected chi connectivity index (χ3v) is 4.02. The Hall–Kier alpha value is -1.81. The quantitative estimate of drug-likeness (QED) is 0.747. The average molecular weight is 258 g/mol. The Morgan fingerprint density at radius 1 is 1.28 bits per heavy atom. The topological polar surface area (TPSA) is 52.0 Å². The van der Waals surface area contributed by atoms with Gasteiger partial charge in [0.1, 0.15) is 0 Å². The number of fused-ring (bicyclic) bond motifs is 1. The van der Waals surface area contributed by atoms with E-state index in [1.165, 1.54) is 10.1 Å². The lowest BCUT2D eigenvalue weighted by Gasteiger charge is -2.04. The Labute approximate surface area is 109 Å². The highest BCUT2D eigenvalue weighted by molar-refractivity contribution is 7.17. The van der Waals surface area contributed by atoms with E-state index in [2.05, 4.69) is 36.5 Å². The lowest BCUT2D eigenvalue weighted by Crippen LogP contribution is -1.94. The average Bonchev–Trinajstić information content (AvgIpc) is 2.92. The standard InChI is InChI=1S/C14H14N2OS/c1-8(2)12-13(17-16-14(12)15)10-7-18-11-6-4-3-5-9(10)11/h3-8H,1-2H3,(H2,15,16). The van der Waals surface area contributed by atoms with Crippen LogP contribution in [0.15, 0.2) is 34.2 Å². The number of rotatable bonds is 2. The number of hydrogen-bond acceptors (Lipinski definition) is 4. The van der Waals surface area contributed by atoms with Crippen LogP contribution in [-0.4, -0.2) is 5.16 Å². The summed E-state index contributed by atoms with van der Waals surface area (Å²) < 4.78 is 6.69. The summed E-state index contributed by atoms with van der Waals surface area (Å²) in [5.41, 5.74) is 7.98. The molecule has 0 aliphatic carbocycles. The van der Waals surface area contributed by atoms with Gasteiger partial charge in [-0.3, -0.25) is 0 Å². The Balaban J connectivity index is 2.27. The number of anilines is 1. The van der Waals surface area contributed by atoms with Crippen LogP contribution < -0.4 is 5.73 Å². The van der Waals surface area contributed by atoms with E-state index in [1.54, 1.807) is 11.3 Å². The molecule has 2 aromatic heterocycles. The van der Waals surface area contributed by atoms with E-state index >= 15 is 0 Å². The fourth-order valence-electron chi connectivity index (χ4n) is 2.22. The maximum Gasteiger partial charge on any atom is 0.173 e. The summed E-state index contributed by atoms with van der Waals surface area (Å²) in [6.07, 6.45) is 0. The van der Waals surface area contributed by atoms with Crippen LogP contribution in [0.2, 0.25) is 0 Å². The van der Waals surface area contributed by atoms with Gasteiger partial charge in [0.15, 0.2) is 11.6 Å². The third-order valence-electron chi connectivity index (χ3n) is 3.06. The second kappa shape index (κ2) is 4.14. The Bertz CT molecular complexity index is 697. The molecule has 0 saturated carbocycles. The molecule has 1 aromatic carbocycles. The van der Waals surface area contributed by atoms with E-state index in [0.717, 1.165) is 16.9 Å². The second-order valence-electron chi connectivity index (χ2n) is 4.61. The maximum absolute atomic E-state index is 5.89. The van der Waals surface area contributed by atoms with Gasteiger partial charge >= 0.3 is 0 Å². The Morgan fingerprint density at radius 3 is 2.83 bits per heavy atom. The van der Waals surface area contributed by atoms with Crippen molar-refractivity contribution in [3.63, 3.8) is 0 Å². The fraction of sp³-hybridized carbons (Fsp3) is 0.214. The highest BCUT2D eigenvalue weighted by Gasteiger charge is 2.20. The van der Waals surface area contributed by atoms with Crippen molar-refractivity contribution in [2.75, 3.05) is 5.73 Å². The molecular weight excluding hydrogens is 244 g/mol. The van der Waals surface area contributed by atoms with Crippen molar-refractivity contribution in [3.8, 4) is 11.3 Å². The number of hydrogen-bond donors (Lipinski definition) is 1. The Morgan fingerprint density at radius 2 is 2.06 bits per heavy atom. The van der Waals surface area contributed by atoms with Crippen molar-refractivity contribution in [2.45, 2.75) is 19.8 Å². The summed E-state index contributed by atoms with van der Waals surface area (Å²) in [7, 11) is 0.